The molecule has 0 aliphatic carbocycles. The maximum atomic E-state index is 10.9. The Bertz CT molecular complexity index is 1060. The van der Waals surface area contributed by atoms with Crippen LogP contribution in [0.25, 0.3) is 11.0 Å². The minimum atomic E-state index is -0.350. The number of ether oxygens (including phenoxy) is 2. The standard InChI is InChI=1S/C24H29N3O5/c1-31-12-9-22(32-15-28)17-5-6-19-20(13-17)26-23(25-19)14-27-10-7-16(8-11-27)18-3-2-4-21(29)24(18)30/h2-6,13,15-16,22,29-30H,7-12,14H2,1H3,(H,25,26). The van der Waals surface area contributed by atoms with E-state index in [2.05, 4.69) is 9.88 Å². The van der Waals surface area contributed by atoms with E-state index in [0.717, 1.165) is 53.9 Å². The van der Waals surface area contributed by atoms with Crippen LogP contribution in [0.2, 0.25) is 0 Å². The van der Waals surface area contributed by atoms with Crippen molar-refractivity contribution in [3.63, 3.8) is 0 Å². The number of hydrogen-bond acceptors (Lipinski definition) is 7. The monoisotopic (exact) mass is 439 g/mol. The number of methoxy groups -OCH3 is 1. The Labute approximate surface area is 186 Å². The number of phenols is 2. The van der Waals surface area contributed by atoms with Gasteiger partial charge < -0.3 is 24.7 Å². The van der Waals surface area contributed by atoms with Gasteiger partial charge in [-0.05, 0) is 55.6 Å². The van der Waals surface area contributed by atoms with Crippen LogP contribution in [-0.2, 0) is 20.8 Å². The molecule has 0 radical (unpaired) electrons. The molecule has 0 saturated carbocycles. The van der Waals surface area contributed by atoms with Crippen LogP contribution in [-0.4, -0.2) is 58.4 Å². The molecule has 1 aliphatic rings. The number of carbonyl (C=O) groups excluding carboxylic acids is 1. The van der Waals surface area contributed by atoms with Gasteiger partial charge in [-0.1, -0.05) is 18.2 Å². The molecule has 3 N–H and O–H groups in total. The molecule has 0 spiro atoms. The Balaban J connectivity index is 1.40. The van der Waals surface area contributed by atoms with Crippen LogP contribution in [0, 0.1) is 0 Å². The van der Waals surface area contributed by atoms with Gasteiger partial charge in [0.15, 0.2) is 11.5 Å². The van der Waals surface area contributed by atoms with E-state index in [4.69, 9.17) is 14.5 Å². The van der Waals surface area contributed by atoms with Crippen molar-refractivity contribution < 1.29 is 24.5 Å². The Morgan fingerprint density at radius 1 is 1.25 bits per heavy atom. The number of benzene rings is 2. The number of aromatic nitrogens is 2. The van der Waals surface area contributed by atoms with Gasteiger partial charge in [0.05, 0.1) is 24.2 Å². The van der Waals surface area contributed by atoms with Crippen molar-refractivity contribution in [2.24, 2.45) is 0 Å². The van der Waals surface area contributed by atoms with E-state index in [9.17, 15) is 15.0 Å². The maximum Gasteiger partial charge on any atom is 0.293 e. The highest BCUT2D eigenvalue weighted by atomic mass is 16.5. The lowest BCUT2D eigenvalue weighted by Gasteiger charge is -2.31. The van der Waals surface area contributed by atoms with Crippen molar-refractivity contribution in [3.8, 4) is 11.5 Å². The molecule has 8 nitrogen and oxygen atoms in total. The predicted octanol–water partition coefficient (Wildman–Crippen LogP) is 3.60. The Hall–Kier alpha value is -3.10. The molecule has 1 unspecified atom stereocenters. The molecular weight excluding hydrogens is 410 g/mol. The number of para-hydroxylation sites is 1. The molecule has 0 amide bonds. The third-order valence-corrected chi connectivity index (χ3v) is 6.18. The van der Waals surface area contributed by atoms with Gasteiger partial charge in [-0.2, -0.15) is 0 Å². The van der Waals surface area contributed by atoms with Crippen molar-refractivity contribution in [1.29, 1.82) is 0 Å². The summed E-state index contributed by atoms with van der Waals surface area (Å²) in [5.74, 6) is 1.06. The smallest absolute Gasteiger partial charge is 0.293 e. The van der Waals surface area contributed by atoms with E-state index < -0.39 is 0 Å². The topological polar surface area (TPSA) is 108 Å². The quantitative estimate of drug-likeness (QED) is 0.345. The molecule has 1 fully saturated rings. The van der Waals surface area contributed by atoms with E-state index in [1.165, 1.54) is 6.07 Å². The summed E-state index contributed by atoms with van der Waals surface area (Å²) in [5.41, 5.74) is 3.51. The molecule has 2 heterocycles. The summed E-state index contributed by atoms with van der Waals surface area (Å²) in [6.07, 6.45) is 2.05. The number of fused-ring (bicyclic) bond motifs is 1. The first-order chi connectivity index (χ1) is 15.6. The lowest BCUT2D eigenvalue weighted by Crippen LogP contribution is -2.32. The van der Waals surface area contributed by atoms with Crippen LogP contribution in [0.5, 0.6) is 11.5 Å². The lowest BCUT2D eigenvalue weighted by atomic mass is 9.88. The highest BCUT2D eigenvalue weighted by molar-refractivity contribution is 5.76. The molecule has 3 aromatic rings. The first-order valence-electron chi connectivity index (χ1n) is 10.9. The highest BCUT2D eigenvalue weighted by Gasteiger charge is 2.24. The summed E-state index contributed by atoms with van der Waals surface area (Å²) in [6, 6.07) is 11.0. The molecule has 1 atom stereocenters. The maximum absolute atomic E-state index is 10.9. The lowest BCUT2D eigenvalue weighted by molar-refractivity contribution is -0.134. The Kier molecular flexibility index (Phi) is 6.92. The van der Waals surface area contributed by atoms with E-state index in [-0.39, 0.29) is 23.5 Å². The second kappa shape index (κ2) is 10.0. The van der Waals surface area contributed by atoms with Gasteiger partial charge in [0.25, 0.3) is 6.47 Å². The van der Waals surface area contributed by atoms with Gasteiger partial charge in [0.2, 0.25) is 0 Å². The van der Waals surface area contributed by atoms with Crippen LogP contribution < -0.4 is 0 Å². The highest BCUT2D eigenvalue weighted by Crippen LogP contribution is 2.38. The van der Waals surface area contributed by atoms with Gasteiger partial charge in [-0.3, -0.25) is 9.69 Å². The van der Waals surface area contributed by atoms with Crippen LogP contribution >= 0.6 is 0 Å². The van der Waals surface area contributed by atoms with E-state index in [1.54, 1.807) is 13.2 Å². The molecule has 1 saturated heterocycles. The number of rotatable bonds is 9. The zero-order valence-corrected chi connectivity index (χ0v) is 18.2. The van der Waals surface area contributed by atoms with Gasteiger partial charge in [-0.25, -0.2) is 4.98 Å². The first kappa shape index (κ1) is 22.1. The zero-order valence-electron chi connectivity index (χ0n) is 18.2. The van der Waals surface area contributed by atoms with Crippen LogP contribution in [0.4, 0.5) is 0 Å². The number of carbonyl (C=O) groups is 1. The number of nitrogens with one attached hydrogen (secondary N) is 1. The fourth-order valence-corrected chi connectivity index (χ4v) is 4.45. The van der Waals surface area contributed by atoms with E-state index in [0.29, 0.717) is 26.0 Å². The van der Waals surface area contributed by atoms with Crippen LogP contribution in [0.1, 0.15) is 48.2 Å². The van der Waals surface area contributed by atoms with E-state index >= 15 is 0 Å². The third-order valence-electron chi connectivity index (χ3n) is 6.18. The fourth-order valence-electron chi connectivity index (χ4n) is 4.45. The van der Waals surface area contributed by atoms with Crippen molar-refractivity contribution in [2.45, 2.75) is 37.8 Å². The molecule has 2 aromatic carbocycles. The molecule has 1 aromatic heterocycles. The number of likely N-dealkylation sites (tertiary alicyclic amines) is 1. The molecule has 8 heteroatoms. The van der Waals surface area contributed by atoms with Crippen molar-refractivity contribution in [3.05, 3.63) is 53.3 Å². The summed E-state index contributed by atoms with van der Waals surface area (Å²) in [4.78, 5) is 21.3. The largest absolute Gasteiger partial charge is 0.504 e. The fraction of sp³-hybridized carbons (Fsp3) is 0.417. The zero-order chi connectivity index (χ0) is 22.5. The number of phenolic OH excluding ortho intramolecular Hbond substituents is 2. The van der Waals surface area contributed by atoms with Gasteiger partial charge in [0.1, 0.15) is 11.9 Å². The SMILES string of the molecule is COCCC(OC=O)c1ccc2nc(CN3CCC(c4cccc(O)c4O)CC3)[nH]c2c1. The number of aromatic amines is 1. The molecule has 4 rings (SSSR count). The summed E-state index contributed by atoms with van der Waals surface area (Å²) in [7, 11) is 1.62. The average molecular weight is 440 g/mol. The number of aromatic hydroxyl groups is 2. The minimum Gasteiger partial charge on any atom is -0.504 e. The Morgan fingerprint density at radius 3 is 2.81 bits per heavy atom. The summed E-state index contributed by atoms with van der Waals surface area (Å²) in [5, 5.41) is 19.9. The third kappa shape index (κ3) is 4.87. The average Bonchev–Trinajstić information content (AvgIpc) is 3.20. The molecule has 32 heavy (non-hydrogen) atoms. The van der Waals surface area contributed by atoms with Gasteiger partial charge in [-0.15, -0.1) is 0 Å². The van der Waals surface area contributed by atoms with Crippen molar-refractivity contribution >= 4 is 17.5 Å². The van der Waals surface area contributed by atoms with Crippen LogP contribution in [0.3, 0.4) is 0 Å². The second-order valence-electron chi connectivity index (χ2n) is 8.23. The normalized spacial score (nSPS) is 16.3. The number of piperidine rings is 1. The first-order valence-corrected chi connectivity index (χ1v) is 10.9. The summed E-state index contributed by atoms with van der Waals surface area (Å²) >= 11 is 0. The molecule has 0 bridgehead atoms. The van der Waals surface area contributed by atoms with Crippen molar-refractivity contribution in [2.75, 3.05) is 26.8 Å². The van der Waals surface area contributed by atoms with Crippen molar-refractivity contribution in [1.82, 2.24) is 14.9 Å². The predicted molar refractivity (Wildman–Crippen MR) is 120 cm³/mol. The van der Waals surface area contributed by atoms with Gasteiger partial charge >= 0.3 is 0 Å². The number of imidazole rings is 1. The number of nitrogens with zero attached hydrogens (tertiary/aromatic N) is 2. The van der Waals surface area contributed by atoms with E-state index in [1.807, 2.05) is 24.3 Å². The number of H-pyrrole nitrogens is 1. The summed E-state index contributed by atoms with van der Waals surface area (Å²) < 4.78 is 10.3. The van der Waals surface area contributed by atoms with Gasteiger partial charge in [0, 0.05) is 19.1 Å². The molecule has 170 valence electrons. The summed E-state index contributed by atoms with van der Waals surface area (Å²) in [6.45, 7) is 3.45. The number of hydrogen-bond donors (Lipinski definition) is 3. The molecular formula is C24H29N3O5. The Morgan fingerprint density at radius 2 is 2.06 bits per heavy atom. The second-order valence-corrected chi connectivity index (χ2v) is 8.23. The molecule has 1 aliphatic heterocycles. The van der Waals surface area contributed by atoms with Crippen LogP contribution in [0.15, 0.2) is 36.4 Å². The minimum absolute atomic E-state index is 0.00130.